The summed E-state index contributed by atoms with van der Waals surface area (Å²) in [4.78, 5) is 34.0. The molecule has 0 radical (unpaired) electrons. The molecular formula is C36H39N3O4. The maximum Gasteiger partial charge on any atom is 0.253 e. The smallest absolute Gasteiger partial charge is 0.253 e. The maximum atomic E-state index is 13.4. The van der Waals surface area contributed by atoms with Crippen LogP contribution in [0.4, 0.5) is 0 Å². The second-order valence-corrected chi connectivity index (χ2v) is 10.9. The molecular weight excluding hydrogens is 538 g/mol. The van der Waals surface area contributed by atoms with Crippen molar-refractivity contribution in [1.29, 1.82) is 0 Å². The molecule has 1 aliphatic rings. The number of aliphatic hydroxyl groups excluding tert-OH is 1. The summed E-state index contributed by atoms with van der Waals surface area (Å²) in [7, 11) is 0. The molecule has 1 amide bonds. The zero-order valence-corrected chi connectivity index (χ0v) is 24.5. The predicted molar refractivity (Wildman–Crippen MR) is 168 cm³/mol. The van der Waals surface area contributed by atoms with Crippen LogP contribution in [0.1, 0.15) is 33.5 Å². The van der Waals surface area contributed by atoms with Gasteiger partial charge in [-0.3, -0.25) is 19.5 Å². The minimum absolute atomic E-state index is 0.0410. The van der Waals surface area contributed by atoms with Gasteiger partial charge in [0.05, 0.1) is 13.2 Å². The lowest BCUT2D eigenvalue weighted by Gasteiger charge is -2.34. The number of ketones is 1. The topological polar surface area (TPSA) is 83.0 Å². The molecule has 1 fully saturated rings. The number of Topliss-reactive ketones (excluding diaryl/α,β-unsaturated/α-hetero) is 1. The average molecular weight is 578 g/mol. The number of benzene rings is 3. The minimum atomic E-state index is 0.0410. The Labute approximate surface area is 253 Å². The number of ether oxygens (including phenoxy) is 1. The van der Waals surface area contributed by atoms with Crippen molar-refractivity contribution in [3.8, 4) is 16.9 Å². The van der Waals surface area contributed by atoms with Crippen molar-refractivity contribution in [3.05, 3.63) is 120 Å². The molecule has 7 nitrogen and oxygen atoms in total. The van der Waals surface area contributed by atoms with E-state index in [2.05, 4.69) is 22.0 Å². The van der Waals surface area contributed by atoms with E-state index in [1.54, 1.807) is 12.4 Å². The van der Waals surface area contributed by atoms with Gasteiger partial charge in [0.2, 0.25) is 0 Å². The van der Waals surface area contributed by atoms with Crippen LogP contribution in [-0.4, -0.2) is 77.5 Å². The van der Waals surface area contributed by atoms with Crippen LogP contribution < -0.4 is 4.74 Å². The monoisotopic (exact) mass is 577 g/mol. The molecule has 3 aromatic carbocycles. The van der Waals surface area contributed by atoms with Gasteiger partial charge in [0.25, 0.3) is 5.91 Å². The average Bonchev–Trinajstić information content (AvgIpc) is 3.06. The largest absolute Gasteiger partial charge is 0.493 e. The standard InChI is InChI=1S/C36H39N3O4/c40-23-22-38-18-20-39(21-19-38)36(42)32-12-11-31(35(26-32)30-6-2-1-3-7-30)16-24-43-34-14-9-28(10-15-34)25-33(41)13-8-29-5-4-17-37-27-29/h1-7,9-12,14-15,17,26-27,40H,8,13,16,18-25H2. The summed E-state index contributed by atoms with van der Waals surface area (Å²) in [6, 6.07) is 27.8. The molecule has 43 heavy (non-hydrogen) atoms. The van der Waals surface area contributed by atoms with Gasteiger partial charge < -0.3 is 14.7 Å². The highest BCUT2D eigenvalue weighted by Gasteiger charge is 2.22. The molecule has 0 aliphatic carbocycles. The molecule has 1 N–H and O–H groups in total. The van der Waals surface area contributed by atoms with Crippen molar-refractivity contribution in [2.75, 3.05) is 45.9 Å². The van der Waals surface area contributed by atoms with Crippen LogP contribution in [0, 0.1) is 0 Å². The lowest BCUT2D eigenvalue weighted by molar-refractivity contribution is -0.118. The van der Waals surface area contributed by atoms with Crippen molar-refractivity contribution < 1.29 is 19.4 Å². The fraction of sp³-hybridized carbons (Fsp3) is 0.306. The molecule has 7 heteroatoms. The lowest BCUT2D eigenvalue weighted by atomic mass is 9.95. The first kappa shape index (κ1) is 30.1. The normalized spacial score (nSPS) is 13.6. The third kappa shape index (κ3) is 8.60. The van der Waals surface area contributed by atoms with Crippen molar-refractivity contribution in [1.82, 2.24) is 14.8 Å². The quantitative estimate of drug-likeness (QED) is 0.244. The molecule has 222 valence electrons. The highest BCUT2D eigenvalue weighted by molar-refractivity contribution is 5.96. The van der Waals surface area contributed by atoms with Crippen molar-refractivity contribution in [3.63, 3.8) is 0 Å². The number of carbonyl (C=O) groups is 2. The van der Waals surface area contributed by atoms with Crippen molar-refractivity contribution >= 4 is 11.7 Å². The van der Waals surface area contributed by atoms with Gasteiger partial charge in [-0.15, -0.1) is 0 Å². The number of rotatable bonds is 13. The Morgan fingerprint density at radius 3 is 2.35 bits per heavy atom. The Morgan fingerprint density at radius 1 is 0.837 bits per heavy atom. The molecule has 0 spiro atoms. The summed E-state index contributed by atoms with van der Waals surface area (Å²) < 4.78 is 6.08. The van der Waals surface area contributed by atoms with Crippen molar-refractivity contribution in [2.45, 2.75) is 25.7 Å². The second kappa shape index (κ2) is 15.2. The van der Waals surface area contributed by atoms with Gasteiger partial charge in [0, 0.05) is 69.9 Å². The number of hydrogen-bond acceptors (Lipinski definition) is 6. The van der Waals surface area contributed by atoms with Gasteiger partial charge in [0.1, 0.15) is 11.5 Å². The second-order valence-electron chi connectivity index (χ2n) is 10.9. The number of pyridine rings is 1. The van der Waals surface area contributed by atoms with Gasteiger partial charge in [-0.05, 0) is 64.6 Å². The van der Waals surface area contributed by atoms with E-state index in [-0.39, 0.29) is 18.3 Å². The van der Waals surface area contributed by atoms with E-state index in [1.165, 1.54) is 0 Å². The van der Waals surface area contributed by atoms with E-state index >= 15 is 0 Å². The van der Waals surface area contributed by atoms with Crippen LogP contribution in [0.3, 0.4) is 0 Å². The van der Waals surface area contributed by atoms with E-state index in [9.17, 15) is 14.7 Å². The molecule has 0 bridgehead atoms. The zero-order valence-electron chi connectivity index (χ0n) is 24.5. The van der Waals surface area contributed by atoms with Crippen molar-refractivity contribution in [2.24, 2.45) is 0 Å². The first-order valence-electron chi connectivity index (χ1n) is 15.0. The van der Waals surface area contributed by atoms with Gasteiger partial charge in [-0.2, -0.15) is 0 Å². The number of nitrogens with zero attached hydrogens (tertiary/aromatic N) is 3. The summed E-state index contributed by atoms with van der Waals surface area (Å²) in [5.74, 6) is 1.01. The zero-order chi connectivity index (χ0) is 29.9. The number of aryl methyl sites for hydroxylation is 1. The van der Waals surface area contributed by atoms with E-state index in [0.29, 0.717) is 57.5 Å². The number of hydrogen-bond donors (Lipinski definition) is 1. The Balaban J connectivity index is 1.17. The van der Waals surface area contributed by atoms with E-state index in [1.807, 2.05) is 77.7 Å². The van der Waals surface area contributed by atoms with Gasteiger partial charge in [0.15, 0.2) is 0 Å². The minimum Gasteiger partial charge on any atom is -0.493 e. The molecule has 1 aliphatic heterocycles. The first-order valence-corrected chi connectivity index (χ1v) is 15.0. The summed E-state index contributed by atoms with van der Waals surface area (Å²) >= 11 is 0. The predicted octanol–water partition coefficient (Wildman–Crippen LogP) is 4.86. The summed E-state index contributed by atoms with van der Waals surface area (Å²) in [5, 5.41) is 9.21. The van der Waals surface area contributed by atoms with E-state index < -0.39 is 0 Å². The fourth-order valence-corrected chi connectivity index (χ4v) is 5.44. The number of aromatic nitrogens is 1. The van der Waals surface area contributed by atoms with Crippen LogP contribution in [0.5, 0.6) is 5.75 Å². The van der Waals surface area contributed by atoms with E-state index in [0.717, 1.165) is 46.7 Å². The van der Waals surface area contributed by atoms with Crippen LogP contribution in [-0.2, 0) is 24.1 Å². The Morgan fingerprint density at radius 2 is 1.63 bits per heavy atom. The number of amides is 1. The number of aliphatic hydroxyl groups is 1. The molecule has 1 saturated heterocycles. The van der Waals surface area contributed by atoms with Gasteiger partial charge in [-0.25, -0.2) is 0 Å². The molecule has 1 aromatic heterocycles. The molecule has 2 heterocycles. The van der Waals surface area contributed by atoms with Crippen LogP contribution >= 0.6 is 0 Å². The molecule has 4 aromatic rings. The number of piperazine rings is 1. The summed E-state index contributed by atoms with van der Waals surface area (Å²) in [6.45, 7) is 4.14. The fourth-order valence-electron chi connectivity index (χ4n) is 5.44. The SMILES string of the molecule is O=C(CCc1cccnc1)Cc1ccc(OCCc2ccc(C(=O)N3CCN(CCO)CC3)cc2-c2ccccc2)cc1. The van der Waals surface area contributed by atoms with Crippen LogP contribution in [0.2, 0.25) is 0 Å². The third-order valence-corrected chi connectivity index (χ3v) is 7.90. The van der Waals surface area contributed by atoms with Crippen LogP contribution in [0.25, 0.3) is 11.1 Å². The first-order chi connectivity index (χ1) is 21.1. The highest BCUT2D eigenvalue weighted by Crippen LogP contribution is 2.27. The lowest BCUT2D eigenvalue weighted by Crippen LogP contribution is -2.49. The molecule has 5 rings (SSSR count). The Bertz CT molecular complexity index is 1470. The highest BCUT2D eigenvalue weighted by atomic mass is 16.5. The van der Waals surface area contributed by atoms with E-state index in [4.69, 9.17) is 4.74 Å². The number of β-amino-alcohol motifs (C(OH)–C–C–N with tert-alkyl or cyclic N) is 1. The Hall–Kier alpha value is -4.33. The Kier molecular flexibility index (Phi) is 10.7. The maximum absolute atomic E-state index is 13.4. The summed E-state index contributed by atoms with van der Waals surface area (Å²) in [6.07, 6.45) is 5.84. The van der Waals surface area contributed by atoms with Gasteiger partial charge in [-0.1, -0.05) is 54.6 Å². The van der Waals surface area contributed by atoms with Gasteiger partial charge >= 0.3 is 0 Å². The molecule has 0 saturated carbocycles. The third-order valence-electron chi connectivity index (χ3n) is 7.90. The summed E-state index contributed by atoms with van der Waals surface area (Å²) in [5.41, 5.74) is 5.96. The molecule has 0 unspecified atom stereocenters. The molecule has 0 atom stereocenters. The number of carbonyl (C=O) groups excluding carboxylic acids is 2. The van der Waals surface area contributed by atoms with Crippen LogP contribution in [0.15, 0.2) is 97.3 Å².